The number of aromatic carboxylic acids is 1. The van der Waals surface area contributed by atoms with Gasteiger partial charge in [0.2, 0.25) is 0 Å². The molecule has 0 unspecified atom stereocenters. The number of para-hydroxylation sites is 1. The number of nitrogens with one attached hydrogen (secondary N) is 1. The minimum Gasteiger partial charge on any atom is -0.478 e. The summed E-state index contributed by atoms with van der Waals surface area (Å²) in [5, 5.41) is 20.8. The van der Waals surface area contributed by atoms with E-state index in [0.29, 0.717) is 17.1 Å². The van der Waals surface area contributed by atoms with Crippen molar-refractivity contribution >= 4 is 17.6 Å². The molecule has 0 aromatic heterocycles. The lowest BCUT2D eigenvalue weighted by molar-refractivity contribution is 0.0698. The van der Waals surface area contributed by atoms with Gasteiger partial charge in [-0.1, -0.05) is 24.3 Å². The molecule has 6 heteroatoms. The highest BCUT2D eigenvalue weighted by atomic mass is 16.5. The van der Waals surface area contributed by atoms with Crippen molar-refractivity contribution in [3.05, 3.63) is 89.5 Å². The Morgan fingerprint density at radius 1 is 0.926 bits per heavy atom. The maximum absolute atomic E-state index is 12.5. The van der Waals surface area contributed by atoms with Crippen molar-refractivity contribution in [3.8, 4) is 17.6 Å². The molecular formula is C21H14N2O4. The average molecular weight is 358 g/mol. The van der Waals surface area contributed by atoms with Gasteiger partial charge in [0.25, 0.3) is 5.91 Å². The summed E-state index contributed by atoms with van der Waals surface area (Å²) in [5.74, 6) is -0.605. The molecule has 0 saturated heterocycles. The van der Waals surface area contributed by atoms with Crippen LogP contribution in [0.3, 0.4) is 0 Å². The van der Waals surface area contributed by atoms with Crippen molar-refractivity contribution in [2.24, 2.45) is 0 Å². The summed E-state index contributed by atoms with van der Waals surface area (Å²) >= 11 is 0. The van der Waals surface area contributed by atoms with Gasteiger partial charge in [0.15, 0.2) is 0 Å². The fourth-order valence-electron chi connectivity index (χ4n) is 2.42. The molecule has 3 aromatic carbocycles. The molecule has 3 rings (SSSR count). The summed E-state index contributed by atoms with van der Waals surface area (Å²) in [6.07, 6.45) is 0. The quantitative estimate of drug-likeness (QED) is 0.708. The number of nitriles is 1. The van der Waals surface area contributed by atoms with Crippen LogP contribution in [0.1, 0.15) is 26.3 Å². The highest BCUT2D eigenvalue weighted by molar-refractivity contribution is 6.08. The van der Waals surface area contributed by atoms with Gasteiger partial charge >= 0.3 is 5.97 Å². The summed E-state index contributed by atoms with van der Waals surface area (Å²) < 4.78 is 5.70. The molecule has 0 atom stereocenters. The van der Waals surface area contributed by atoms with E-state index in [4.69, 9.17) is 10.00 Å². The van der Waals surface area contributed by atoms with Crippen molar-refractivity contribution in [1.29, 1.82) is 5.26 Å². The third-order valence-corrected chi connectivity index (χ3v) is 3.70. The number of nitrogens with zero attached hydrogens (tertiary/aromatic N) is 1. The number of rotatable bonds is 5. The number of carboxylic acid groups (broad SMARTS) is 1. The predicted molar refractivity (Wildman–Crippen MR) is 99.0 cm³/mol. The van der Waals surface area contributed by atoms with Crippen molar-refractivity contribution in [1.82, 2.24) is 0 Å². The molecular weight excluding hydrogens is 344 g/mol. The Labute approximate surface area is 155 Å². The molecule has 3 aromatic rings. The zero-order valence-electron chi connectivity index (χ0n) is 14.0. The van der Waals surface area contributed by atoms with Gasteiger partial charge in [0.1, 0.15) is 11.5 Å². The fraction of sp³-hybridized carbons (Fsp3) is 0. The first kappa shape index (κ1) is 17.7. The molecule has 2 N–H and O–H groups in total. The largest absolute Gasteiger partial charge is 0.478 e. The molecule has 6 nitrogen and oxygen atoms in total. The van der Waals surface area contributed by atoms with E-state index in [0.717, 1.165) is 0 Å². The van der Waals surface area contributed by atoms with Gasteiger partial charge in [0.05, 0.1) is 22.9 Å². The van der Waals surface area contributed by atoms with Crippen LogP contribution in [0.2, 0.25) is 0 Å². The van der Waals surface area contributed by atoms with E-state index in [1.807, 2.05) is 24.3 Å². The molecule has 132 valence electrons. The standard InChI is InChI=1S/C21H14N2O4/c22-13-14-9-10-19(18(11-14)21(25)26)23-20(24)15-5-4-8-17(12-15)27-16-6-2-1-3-7-16/h1-12H,(H,23,24)(H,25,26). The molecule has 0 fully saturated rings. The first-order valence-corrected chi connectivity index (χ1v) is 7.98. The van der Waals surface area contributed by atoms with Crippen molar-refractivity contribution in [3.63, 3.8) is 0 Å². The first-order valence-electron chi connectivity index (χ1n) is 7.98. The number of carbonyl (C=O) groups is 2. The zero-order valence-corrected chi connectivity index (χ0v) is 14.0. The number of ether oxygens (including phenoxy) is 1. The molecule has 0 aliphatic carbocycles. The molecule has 27 heavy (non-hydrogen) atoms. The molecule has 0 spiro atoms. The summed E-state index contributed by atoms with van der Waals surface area (Å²) in [5.41, 5.74) is 0.466. The maximum atomic E-state index is 12.5. The Hall–Kier alpha value is -4.11. The van der Waals surface area contributed by atoms with E-state index in [2.05, 4.69) is 5.32 Å². The van der Waals surface area contributed by atoms with Crippen molar-refractivity contribution < 1.29 is 19.4 Å². The van der Waals surface area contributed by atoms with Crippen LogP contribution in [-0.2, 0) is 0 Å². The number of carbonyl (C=O) groups excluding carboxylic acids is 1. The van der Waals surface area contributed by atoms with E-state index in [1.165, 1.54) is 18.2 Å². The van der Waals surface area contributed by atoms with Crippen LogP contribution in [-0.4, -0.2) is 17.0 Å². The van der Waals surface area contributed by atoms with Gasteiger partial charge in [-0.3, -0.25) is 4.79 Å². The average Bonchev–Trinajstić information content (AvgIpc) is 2.69. The van der Waals surface area contributed by atoms with Crippen LogP contribution in [0.5, 0.6) is 11.5 Å². The normalized spacial score (nSPS) is 9.89. The third kappa shape index (κ3) is 4.30. The maximum Gasteiger partial charge on any atom is 0.337 e. The fourth-order valence-corrected chi connectivity index (χ4v) is 2.42. The van der Waals surface area contributed by atoms with Crippen LogP contribution >= 0.6 is 0 Å². The zero-order chi connectivity index (χ0) is 19.2. The minimum absolute atomic E-state index is 0.112. The van der Waals surface area contributed by atoms with E-state index < -0.39 is 11.9 Å². The Kier molecular flexibility index (Phi) is 5.15. The molecule has 0 aliphatic rings. The molecule has 0 saturated carbocycles. The summed E-state index contributed by atoms with van der Waals surface area (Å²) in [6.45, 7) is 0. The summed E-state index contributed by atoms with van der Waals surface area (Å²) in [7, 11) is 0. The van der Waals surface area contributed by atoms with Crippen molar-refractivity contribution in [2.45, 2.75) is 0 Å². The second-order valence-electron chi connectivity index (χ2n) is 5.57. The monoisotopic (exact) mass is 358 g/mol. The van der Waals surface area contributed by atoms with Crippen molar-refractivity contribution in [2.75, 3.05) is 5.32 Å². The van der Waals surface area contributed by atoms with Gasteiger partial charge in [-0.25, -0.2) is 4.79 Å². The lowest BCUT2D eigenvalue weighted by atomic mass is 10.1. The van der Waals surface area contributed by atoms with E-state index in [-0.39, 0.29) is 16.8 Å². The topological polar surface area (TPSA) is 99.4 Å². The van der Waals surface area contributed by atoms with Gasteiger partial charge in [-0.05, 0) is 48.5 Å². The van der Waals surface area contributed by atoms with Crippen LogP contribution in [0.4, 0.5) is 5.69 Å². The van der Waals surface area contributed by atoms with Gasteiger partial charge in [-0.15, -0.1) is 0 Å². The summed E-state index contributed by atoms with van der Waals surface area (Å²) in [4.78, 5) is 23.9. The Bertz CT molecular complexity index is 1040. The number of carboxylic acids is 1. The smallest absolute Gasteiger partial charge is 0.337 e. The van der Waals surface area contributed by atoms with E-state index >= 15 is 0 Å². The molecule has 0 aliphatic heterocycles. The van der Waals surface area contributed by atoms with E-state index in [9.17, 15) is 14.7 Å². The molecule has 0 radical (unpaired) electrons. The van der Waals surface area contributed by atoms with Gasteiger partial charge < -0.3 is 15.2 Å². The highest BCUT2D eigenvalue weighted by Crippen LogP contribution is 2.23. The van der Waals surface area contributed by atoms with Crippen LogP contribution in [0.15, 0.2) is 72.8 Å². The number of hydrogen-bond donors (Lipinski definition) is 2. The van der Waals surface area contributed by atoms with Crippen LogP contribution in [0.25, 0.3) is 0 Å². The highest BCUT2D eigenvalue weighted by Gasteiger charge is 2.15. The lowest BCUT2D eigenvalue weighted by Crippen LogP contribution is -2.15. The van der Waals surface area contributed by atoms with Gasteiger partial charge in [0, 0.05) is 5.56 Å². The minimum atomic E-state index is -1.23. The molecule has 0 heterocycles. The first-order chi connectivity index (χ1) is 13.1. The van der Waals surface area contributed by atoms with Gasteiger partial charge in [-0.2, -0.15) is 5.26 Å². The Morgan fingerprint density at radius 3 is 2.37 bits per heavy atom. The van der Waals surface area contributed by atoms with Crippen LogP contribution < -0.4 is 10.1 Å². The number of amides is 1. The Balaban J connectivity index is 1.82. The number of hydrogen-bond acceptors (Lipinski definition) is 4. The second kappa shape index (κ2) is 7.85. The number of anilines is 1. The Morgan fingerprint density at radius 2 is 1.67 bits per heavy atom. The lowest BCUT2D eigenvalue weighted by Gasteiger charge is -2.10. The van der Waals surface area contributed by atoms with Crippen LogP contribution in [0, 0.1) is 11.3 Å². The molecule has 0 bridgehead atoms. The number of benzene rings is 3. The van der Waals surface area contributed by atoms with E-state index in [1.54, 1.807) is 36.4 Å². The third-order valence-electron chi connectivity index (χ3n) is 3.70. The summed E-state index contributed by atoms with van der Waals surface area (Å²) in [6, 6.07) is 21.6. The second-order valence-corrected chi connectivity index (χ2v) is 5.57. The SMILES string of the molecule is N#Cc1ccc(NC(=O)c2cccc(Oc3ccccc3)c2)c(C(=O)O)c1. The predicted octanol–water partition coefficient (Wildman–Crippen LogP) is 4.30. The molecule has 1 amide bonds.